The van der Waals surface area contributed by atoms with Gasteiger partial charge in [0.05, 0.1) is 18.0 Å². The van der Waals surface area contributed by atoms with Gasteiger partial charge in [0.15, 0.2) is 0 Å². The van der Waals surface area contributed by atoms with Crippen molar-refractivity contribution in [3.8, 4) is 17.0 Å². The number of ether oxygens (including phenoxy) is 1. The number of rotatable bonds is 3. The van der Waals surface area contributed by atoms with E-state index in [0.717, 1.165) is 24.2 Å². The number of aromatic nitrogens is 3. The number of hydrogen-bond donors (Lipinski definition) is 1. The SMILES string of the molecule is C[C@H]1CCc2c(OC3CCC3)c(-c3cn(C)nn3)cc(F)c2N1C(=O)O. The van der Waals surface area contributed by atoms with Crippen molar-refractivity contribution in [3.63, 3.8) is 0 Å². The van der Waals surface area contributed by atoms with E-state index in [4.69, 9.17) is 4.74 Å². The predicted octanol–water partition coefficient (Wildman–Crippen LogP) is 3.37. The van der Waals surface area contributed by atoms with Gasteiger partial charge in [-0.05, 0) is 45.1 Å². The van der Waals surface area contributed by atoms with Crippen LogP contribution in [0.1, 0.15) is 38.2 Å². The molecule has 1 amide bonds. The molecule has 7 nitrogen and oxygen atoms in total. The Kier molecular flexibility index (Phi) is 4.05. The van der Waals surface area contributed by atoms with Crippen LogP contribution in [-0.2, 0) is 13.5 Å². The molecule has 2 aromatic rings. The van der Waals surface area contributed by atoms with Crippen molar-refractivity contribution in [1.29, 1.82) is 0 Å². The van der Waals surface area contributed by atoms with Gasteiger partial charge >= 0.3 is 6.09 Å². The van der Waals surface area contributed by atoms with E-state index < -0.39 is 11.9 Å². The van der Waals surface area contributed by atoms with E-state index in [0.29, 0.717) is 35.4 Å². The van der Waals surface area contributed by atoms with Crippen molar-refractivity contribution in [2.24, 2.45) is 7.05 Å². The molecule has 8 heteroatoms. The van der Waals surface area contributed by atoms with Gasteiger partial charge in [-0.15, -0.1) is 5.10 Å². The van der Waals surface area contributed by atoms with Crippen molar-refractivity contribution < 1.29 is 19.0 Å². The summed E-state index contributed by atoms with van der Waals surface area (Å²) >= 11 is 0. The number of carboxylic acid groups (broad SMARTS) is 1. The summed E-state index contributed by atoms with van der Waals surface area (Å²) in [5.41, 5.74) is 1.77. The van der Waals surface area contributed by atoms with Gasteiger partial charge in [-0.1, -0.05) is 5.21 Å². The van der Waals surface area contributed by atoms with Crippen molar-refractivity contribution in [1.82, 2.24) is 15.0 Å². The summed E-state index contributed by atoms with van der Waals surface area (Å²) < 4.78 is 22.8. The molecule has 4 rings (SSSR count). The monoisotopic (exact) mass is 360 g/mol. The first kappa shape index (κ1) is 16.8. The second kappa shape index (κ2) is 6.26. The maximum absolute atomic E-state index is 15.0. The lowest BCUT2D eigenvalue weighted by Crippen LogP contribution is -2.42. The van der Waals surface area contributed by atoms with E-state index in [1.165, 1.54) is 6.07 Å². The highest BCUT2D eigenvalue weighted by Crippen LogP contribution is 2.45. The van der Waals surface area contributed by atoms with Gasteiger partial charge in [-0.3, -0.25) is 9.58 Å². The molecule has 1 aromatic heterocycles. The van der Waals surface area contributed by atoms with E-state index in [1.807, 2.05) is 0 Å². The molecule has 2 heterocycles. The van der Waals surface area contributed by atoms with Crippen LogP contribution in [0.25, 0.3) is 11.3 Å². The summed E-state index contributed by atoms with van der Waals surface area (Å²) in [6, 6.07) is 1.04. The highest BCUT2D eigenvalue weighted by atomic mass is 19.1. The quantitative estimate of drug-likeness (QED) is 0.908. The lowest BCUT2D eigenvalue weighted by molar-refractivity contribution is 0.119. The number of hydrogen-bond acceptors (Lipinski definition) is 4. The molecule has 1 N–H and O–H groups in total. The predicted molar refractivity (Wildman–Crippen MR) is 93.0 cm³/mol. The van der Waals surface area contributed by atoms with Gasteiger partial charge in [0.2, 0.25) is 0 Å². The highest BCUT2D eigenvalue weighted by molar-refractivity contribution is 5.91. The molecule has 0 bridgehead atoms. The second-order valence-corrected chi connectivity index (χ2v) is 7.05. The topological polar surface area (TPSA) is 80.5 Å². The zero-order chi connectivity index (χ0) is 18.4. The summed E-state index contributed by atoms with van der Waals surface area (Å²) in [5, 5.41) is 17.6. The normalized spacial score (nSPS) is 19.8. The highest BCUT2D eigenvalue weighted by Gasteiger charge is 2.35. The third-order valence-corrected chi connectivity index (χ3v) is 5.22. The van der Waals surface area contributed by atoms with Crippen molar-refractivity contribution >= 4 is 11.8 Å². The molecule has 0 unspecified atom stereocenters. The largest absolute Gasteiger partial charge is 0.489 e. The molecule has 2 aliphatic rings. The van der Waals surface area contributed by atoms with Crippen LogP contribution in [0.15, 0.2) is 12.3 Å². The molecule has 1 fully saturated rings. The van der Waals surface area contributed by atoms with E-state index in [1.54, 1.807) is 24.9 Å². The molecular weight excluding hydrogens is 339 g/mol. The molecule has 0 radical (unpaired) electrons. The summed E-state index contributed by atoms with van der Waals surface area (Å²) in [6.07, 6.45) is 4.81. The summed E-state index contributed by atoms with van der Waals surface area (Å²) in [5.74, 6) is -0.0275. The van der Waals surface area contributed by atoms with Crippen LogP contribution in [0.4, 0.5) is 14.9 Å². The Hall–Kier alpha value is -2.64. The van der Waals surface area contributed by atoms with Crippen molar-refractivity contribution in [3.05, 3.63) is 23.6 Å². The summed E-state index contributed by atoms with van der Waals surface area (Å²) in [4.78, 5) is 12.8. The average molecular weight is 360 g/mol. The van der Waals surface area contributed by atoms with Crippen LogP contribution in [0, 0.1) is 5.82 Å². The molecule has 26 heavy (non-hydrogen) atoms. The standard InChI is InChI=1S/C18H21FN4O3/c1-10-6-7-12-16(23(10)18(24)25)14(19)8-13(15-9-22(2)21-20-15)17(12)26-11-4-3-5-11/h8-11H,3-7H2,1-2H3,(H,24,25)/t10-/m0/s1. The Labute approximate surface area is 150 Å². The summed E-state index contributed by atoms with van der Waals surface area (Å²) in [7, 11) is 1.74. The number of aryl methyl sites for hydroxylation is 1. The molecule has 1 atom stereocenters. The number of anilines is 1. The maximum atomic E-state index is 15.0. The smallest absolute Gasteiger partial charge is 0.412 e. The third kappa shape index (κ3) is 2.69. The van der Waals surface area contributed by atoms with Gasteiger partial charge in [0.1, 0.15) is 17.3 Å². The van der Waals surface area contributed by atoms with Crippen molar-refractivity contribution in [2.45, 2.75) is 51.2 Å². The number of carbonyl (C=O) groups is 1. The molecule has 0 spiro atoms. The first-order valence-corrected chi connectivity index (χ1v) is 8.86. The van der Waals surface area contributed by atoms with Crippen LogP contribution < -0.4 is 9.64 Å². The zero-order valence-electron chi connectivity index (χ0n) is 14.8. The Morgan fingerprint density at radius 2 is 2.15 bits per heavy atom. The summed E-state index contributed by atoms with van der Waals surface area (Å²) in [6.45, 7) is 1.79. The fraction of sp³-hybridized carbons (Fsp3) is 0.500. The van der Waals surface area contributed by atoms with E-state index in [9.17, 15) is 9.90 Å². The lowest BCUT2D eigenvalue weighted by atomic mass is 9.91. The van der Waals surface area contributed by atoms with Crippen LogP contribution in [-0.4, -0.2) is 38.3 Å². The van der Waals surface area contributed by atoms with E-state index in [2.05, 4.69) is 10.3 Å². The third-order valence-electron chi connectivity index (χ3n) is 5.22. The number of nitrogens with zero attached hydrogens (tertiary/aromatic N) is 4. The zero-order valence-corrected chi connectivity index (χ0v) is 14.8. The van der Waals surface area contributed by atoms with Gasteiger partial charge in [0, 0.05) is 24.2 Å². The van der Waals surface area contributed by atoms with Gasteiger partial charge in [-0.25, -0.2) is 9.18 Å². The Balaban J connectivity index is 1.91. The lowest BCUT2D eigenvalue weighted by Gasteiger charge is -2.36. The number of benzene rings is 1. The first-order chi connectivity index (χ1) is 12.5. The maximum Gasteiger partial charge on any atom is 0.412 e. The molecule has 138 valence electrons. The molecule has 1 aliphatic carbocycles. The van der Waals surface area contributed by atoms with Crippen LogP contribution in [0.3, 0.4) is 0 Å². The Bertz CT molecular complexity index is 862. The molecule has 1 saturated carbocycles. The minimum atomic E-state index is -1.15. The Morgan fingerprint density at radius 3 is 2.73 bits per heavy atom. The minimum absolute atomic E-state index is 0.0811. The second-order valence-electron chi connectivity index (χ2n) is 7.05. The van der Waals surface area contributed by atoms with Crippen LogP contribution in [0.5, 0.6) is 5.75 Å². The number of fused-ring (bicyclic) bond motifs is 1. The van der Waals surface area contributed by atoms with Crippen molar-refractivity contribution in [2.75, 3.05) is 4.90 Å². The number of halogens is 1. The van der Waals surface area contributed by atoms with E-state index >= 15 is 4.39 Å². The first-order valence-electron chi connectivity index (χ1n) is 8.86. The average Bonchev–Trinajstić information content (AvgIpc) is 2.98. The van der Waals surface area contributed by atoms with Crippen LogP contribution >= 0.6 is 0 Å². The van der Waals surface area contributed by atoms with Crippen LogP contribution in [0.2, 0.25) is 0 Å². The molecule has 0 saturated heterocycles. The van der Waals surface area contributed by atoms with Gasteiger partial charge < -0.3 is 9.84 Å². The van der Waals surface area contributed by atoms with Gasteiger partial charge in [-0.2, -0.15) is 0 Å². The molecular formula is C18H21FN4O3. The fourth-order valence-electron chi connectivity index (χ4n) is 3.61. The number of amides is 1. The van der Waals surface area contributed by atoms with Gasteiger partial charge in [0.25, 0.3) is 0 Å². The molecule has 1 aromatic carbocycles. The Morgan fingerprint density at radius 1 is 1.38 bits per heavy atom. The van der Waals surface area contributed by atoms with E-state index in [-0.39, 0.29) is 17.8 Å². The minimum Gasteiger partial charge on any atom is -0.489 e. The fourth-order valence-corrected chi connectivity index (χ4v) is 3.61. The molecule has 1 aliphatic heterocycles.